The summed E-state index contributed by atoms with van der Waals surface area (Å²) in [5.41, 5.74) is 2.26. The van der Waals surface area contributed by atoms with Gasteiger partial charge in [-0.1, -0.05) is 12.1 Å². The number of alkyl halides is 3. The Morgan fingerprint density at radius 1 is 1.05 bits per heavy atom. The van der Waals surface area contributed by atoms with Crippen LogP contribution in [-0.2, 0) is 12.6 Å². The number of rotatable bonds is 5. The largest absolute Gasteiger partial charge is 0.496 e. The lowest BCUT2D eigenvalue weighted by Gasteiger charge is -2.10. The molecule has 118 valence electrons. The molecule has 22 heavy (non-hydrogen) atoms. The minimum absolute atomic E-state index is 0.635. The molecule has 0 aliphatic heterocycles. The minimum atomic E-state index is -4.29. The molecule has 0 aromatic heterocycles. The summed E-state index contributed by atoms with van der Waals surface area (Å²) in [5.74, 6) is 0.847. The van der Waals surface area contributed by atoms with Gasteiger partial charge in [0.15, 0.2) is 0 Å². The van der Waals surface area contributed by atoms with E-state index in [-0.39, 0.29) is 0 Å². The van der Waals surface area contributed by atoms with Gasteiger partial charge in [0.25, 0.3) is 0 Å². The number of aryl methyl sites for hydroxylation is 1. The standard InChI is InChI=1S/C17H18F3NO/c1-12-11-13(3-8-16(12)22-2)9-10-21-15-6-4-14(5-7-15)17(18,19)20/h3-8,11,21H,9-10H2,1-2H3. The van der Waals surface area contributed by atoms with Gasteiger partial charge in [0.05, 0.1) is 12.7 Å². The van der Waals surface area contributed by atoms with Gasteiger partial charge < -0.3 is 10.1 Å². The van der Waals surface area contributed by atoms with Crippen molar-refractivity contribution in [3.63, 3.8) is 0 Å². The summed E-state index contributed by atoms with van der Waals surface area (Å²) in [5, 5.41) is 3.12. The molecule has 0 bridgehead atoms. The Morgan fingerprint density at radius 2 is 1.73 bits per heavy atom. The van der Waals surface area contributed by atoms with Gasteiger partial charge in [-0.05, 0) is 54.8 Å². The SMILES string of the molecule is COc1ccc(CCNc2ccc(C(F)(F)F)cc2)cc1C. The molecular formula is C17H18F3NO. The second-order valence-corrected chi connectivity index (χ2v) is 5.06. The molecule has 0 aliphatic carbocycles. The van der Waals surface area contributed by atoms with E-state index in [0.29, 0.717) is 12.2 Å². The van der Waals surface area contributed by atoms with Crippen molar-refractivity contribution in [3.8, 4) is 5.75 Å². The smallest absolute Gasteiger partial charge is 0.416 e. The highest BCUT2D eigenvalue weighted by Crippen LogP contribution is 2.29. The van der Waals surface area contributed by atoms with Crippen molar-refractivity contribution in [2.75, 3.05) is 19.0 Å². The Kier molecular flexibility index (Phi) is 4.96. The van der Waals surface area contributed by atoms with Crippen molar-refractivity contribution < 1.29 is 17.9 Å². The molecule has 2 aromatic rings. The first kappa shape index (κ1) is 16.2. The molecule has 2 nitrogen and oxygen atoms in total. The van der Waals surface area contributed by atoms with Crippen LogP contribution in [0.1, 0.15) is 16.7 Å². The molecule has 0 unspecified atom stereocenters. The van der Waals surface area contributed by atoms with E-state index < -0.39 is 11.7 Å². The van der Waals surface area contributed by atoms with Crippen LogP contribution in [0.15, 0.2) is 42.5 Å². The summed E-state index contributed by atoms with van der Waals surface area (Å²) < 4.78 is 42.6. The summed E-state index contributed by atoms with van der Waals surface area (Å²) >= 11 is 0. The zero-order chi connectivity index (χ0) is 16.2. The number of methoxy groups -OCH3 is 1. The highest BCUT2D eigenvalue weighted by atomic mass is 19.4. The highest BCUT2D eigenvalue weighted by molar-refractivity contribution is 5.45. The lowest BCUT2D eigenvalue weighted by molar-refractivity contribution is -0.137. The monoisotopic (exact) mass is 309 g/mol. The quantitative estimate of drug-likeness (QED) is 0.866. The van der Waals surface area contributed by atoms with E-state index in [0.717, 1.165) is 35.4 Å². The van der Waals surface area contributed by atoms with E-state index in [4.69, 9.17) is 4.74 Å². The van der Waals surface area contributed by atoms with Crippen LogP contribution in [0, 0.1) is 6.92 Å². The number of nitrogens with one attached hydrogen (secondary N) is 1. The topological polar surface area (TPSA) is 21.3 Å². The van der Waals surface area contributed by atoms with E-state index in [2.05, 4.69) is 5.32 Å². The number of hydrogen-bond acceptors (Lipinski definition) is 2. The Hall–Kier alpha value is -2.17. The van der Waals surface area contributed by atoms with Crippen LogP contribution in [0.5, 0.6) is 5.75 Å². The molecule has 0 saturated carbocycles. The first-order chi connectivity index (χ1) is 10.4. The maximum atomic E-state index is 12.5. The van der Waals surface area contributed by atoms with Crippen LogP contribution in [-0.4, -0.2) is 13.7 Å². The molecule has 2 rings (SSSR count). The average Bonchev–Trinajstić information content (AvgIpc) is 2.47. The van der Waals surface area contributed by atoms with E-state index >= 15 is 0 Å². The predicted octanol–water partition coefficient (Wildman–Crippen LogP) is 4.68. The van der Waals surface area contributed by atoms with Crippen molar-refractivity contribution in [3.05, 3.63) is 59.2 Å². The van der Waals surface area contributed by atoms with E-state index in [1.54, 1.807) is 7.11 Å². The fourth-order valence-corrected chi connectivity index (χ4v) is 2.22. The molecule has 0 amide bonds. The highest BCUT2D eigenvalue weighted by Gasteiger charge is 2.29. The Morgan fingerprint density at radius 3 is 2.27 bits per heavy atom. The summed E-state index contributed by atoms with van der Waals surface area (Å²) in [6.45, 7) is 2.63. The molecule has 0 fully saturated rings. The van der Waals surface area contributed by atoms with E-state index in [1.165, 1.54) is 12.1 Å². The Balaban J connectivity index is 1.90. The van der Waals surface area contributed by atoms with Gasteiger partial charge in [0, 0.05) is 12.2 Å². The van der Waals surface area contributed by atoms with Gasteiger partial charge in [0.2, 0.25) is 0 Å². The average molecular weight is 309 g/mol. The van der Waals surface area contributed by atoms with Crippen LogP contribution in [0.25, 0.3) is 0 Å². The molecular weight excluding hydrogens is 291 g/mol. The zero-order valence-corrected chi connectivity index (χ0v) is 12.5. The Labute approximate surface area is 127 Å². The molecule has 5 heteroatoms. The molecule has 1 N–H and O–H groups in total. The van der Waals surface area contributed by atoms with E-state index in [9.17, 15) is 13.2 Å². The van der Waals surface area contributed by atoms with Gasteiger partial charge in [-0.2, -0.15) is 13.2 Å². The van der Waals surface area contributed by atoms with Gasteiger partial charge >= 0.3 is 6.18 Å². The number of halogens is 3. The van der Waals surface area contributed by atoms with Gasteiger partial charge in [0.1, 0.15) is 5.75 Å². The predicted molar refractivity (Wildman–Crippen MR) is 81.4 cm³/mol. The fourth-order valence-electron chi connectivity index (χ4n) is 2.22. The number of benzene rings is 2. The lowest BCUT2D eigenvalue weighted by atomic mass is 10.1. The summed E-state index contributed by atoms with van der Waals surface area (Å²) in [6.07, 6.45) is -3.51. The summed E-state index contributed by atoms with van der Waals surface area (Å²) in [6, 6.07) is 11.0. The maximum absolute atomic E-state index is 12.5. The first-order valence-corrected chi connectivity index (χ1v) is 6.95. The van der Waals surface area contributed by atoms with Crippen molar-refractivity contribution in [1.82, 2.24) is 0 Å². The fraction of sp³-hybridized carbons (Fsp3) is 0.294. The third-order valence-electron chi connectivity index (χ3n) is 3.41. The minimum Gasteiger partial charge on any atom is -0.496 e. The first-order valence-electron chi connectivity index (χ1n) is 6.95. The van der Waals surface area contributed by atoms with E-state index in [1.807, 2.05) is 25.1 Å². The number of hydrogen-bond donors (Lipinski definition) is 1. The second-order valence-electron chi connectivity index (χ2n) is 5.06. The molecule has 0 spiro atoms. The third kappa shape index (κ3) is 4.16. The normalized spacial score (nSPS) is 11.3. The lowest BCUT2D eigenvalue weighted by Crippen LogP contribution is -2.07. The summed E-state index contributed by atoms with van der Waals surface area (Å²) in [4.78, 5) is 0. The van der Waals surface area contributed by atoms with Gasteiger partial charge in [-0.3, -0.25) is 0 Å². The second kappa shape index (κ2) is 6.73. The van der Waals surface area contributed by atoms with Crippen molar-refractivity contribution >= 4 is 5.69 Å². The van der Waals surface area contributed by atoms with Crippen LogP contribution < -0.4 is 10.1 Å². The van der Waals surface area contributed by atoms with Gasteiger partial charge in [-0.15, -0.1) is 0 Å². The Bertz CT molecular complexity index is 621. The van der Waals surface area contributed by atoms with Crippen LogP contribution in [0.4, 0.5) is 18.9 Å². The van der Waals surface area contributed by atoms with Gasteiger partial charge in [-0.25, -0.2) is 0 Å². The van der Waals surface area contributed by atoms with Crippen LogP contribution in [0.2, 0.25) is 0 Å². The molecule has 0 radical (unpaired) electrons. The summed E-state index contributed by atoms with van der Waals surface area (Å²) in [7, 11) is 1.63. The molecule has 0 aliphatic rings. The molecule has 0 saturated heterocycles. The molecule has 0 heterocycles. The van der Waals surface area contributed by atoms with Crippen molar-refractivity contribution in [1.29, 1.82) is 0 Å². The third-order valence-corrected chi connectivity index (χ3v) is 3.41. The molecule has 0 atom stereocenters. The number of anilines is 1. The van der Waals surface area contributed by atoms with Crippen molar-refractivity contribution in [2.45, 2.75) is 19.5 Å². The zero-order valence-electron chi connectivity index (χ0n) is 12.5. The maximum Gasteiger partial charge on any atom is 0.416 e. The van der Waals surface area contributed by atoms with Crippen LogP contribution >= 0.6 is 0 Å². The van der Waals surface area contributed by atoms with Crippen molar-refractivity contribution in [2.24, 2.45) is 0 Å². The number of ether oxygens (including phenoxy) is 1. The molecule has 2 aromatic carbocycles. The van der Waals surface area contributed by atoms with Crippen LogP contribution in [0.3, 0.4) is 0 Å².